The van der Waals surface area contributed by atoms with Crippen LogP contribution in [0.4, 0.5) is 0 Å². The van der Waals surface area contributed by atoms with Gasteiger partial charge in [0.25, 0.3) is 0 Å². The lowest BCUT2D eigenvalue weighted by Gasteiger charge is -2.13. The number of hydrogen-bond acceptors (Lipinski definition) is 2. The first kappa shape index (κ1) is 9.26. The molecule has 1 heterocycles. The second-order valence-corrected chi connectivity index (χ2v) is 3.13. The molecule has 12 heavy (non-hydrogen) atoms. The summed E-state index contributed by atoms with van der Waals surface area (Å²) < 4.78 is 7.21. The number of imidazole rings is 1. The highest BCUT2D eigenvalue weighted by Gasteiger charge is 2.08. The fourth-order valence-corrected chi connectivity index (χ4v) is 1.28. The molecule has 0 aliphatic heterocycles. The molecule has 1 rings (SSSR count). The first-order valence-electron chi connectivity index (χ1n) is 4.15. The lowest BCUT2D eigenvalue weighted by molar-refractivity contribution is 0.161. The van der Waals surface area contributed by atoms with Crippen molar-refractivity contribution >= 4 is 0 Å². The quantitative estimate of drug-likeness (QED) is 0.687. The fourth-order valence-electron chi connectivity index (χ4n) is 1.28. The van der Waals surface area contributed by atoms with Crippen molar-refractivity contribution in [1.29, 1.82) is 0 Å². The van der Waals surface area contributed by atoms with E-state index in [-0.39, 0.29) is 0 Å². The zero-order chi connectivity index (χ0) is 9.14. The topological polar surface area (TPSA) is 27.1 Å². The van der Waals surface area contributed by atoms with Crippen LogP contribution in [0.5, 0.6) is 0 Å². The second-order valence-electron chi connectivity index (χ2n) is 3.13. The number of hydrogen-bond donors (Lipinski definition) is 0. The number of aromatic nitrogens is 2. The molecule has 1 unspecified atom stereocenters. The Morgan fingerprint density at radius 3 is 2.67 bits per heavy atom. The molecule has 0 fully saturated rings. The minimum Gasteiger partial charge on any atom is -0.383 e. The van der Waals surface area contributed by atoms with Crippen LogP contribution in [-0.2, 0) is 4.74 Å². The molecule has 0 bridgehead atoms. The van der Waals surface area contributed by atoms with Crippen molar-refractivity contribution in [3.63, 3.8) is 0 Å². The van der Waals surface area contributed by atoms with Crippen LogP contribution in [0.2, 0.25) is 0 Å². The summed E-state index contributed by atoms with van der Waals surface area (Å²) >= 11 is 0. The van der Waals surface area contributed by atoms with Gasteiger partial charge in [0.2, 0.25) is 0 Å². The van der Waals surface area contributed by atoms with Gasteiger partial charge in [-0.15, -0.1) is 0 Å². The van der Waals surface area contributed by atoms with Gasteiger partial charge < -0.3 is 9.30 Å². The maximum atomic E-state index is 5.07. The van der Waals surface area contributed by atoms with E-state index in [0.717, 1.165) is 12.3 Å². The third kappa shape index (κ3) is 1.67. The molecule has 0 aliphatic rings. The highest BCUT2D eigenvalue weighted by molar-refractivity contribution is 5.09. The molecule has 0 spiro atoms. The van der Waals surface area contributed by atoms with E-state index in [1.807, 2.05) is 13.3 Å². The second kappa shape index (κ2) is 3.72. The van der Waals surface area contributed by atoms with Crippen molar-refractivity contribution in [2.75, 3.05) is 13.7 Å². The Hall–Kier alpha value is -0.830. The van der Waals surface area contributed by atoms with Gasteiger partial charge in [-0.25, -0.2) is 4.98 Å². The Bertz CT molecular complexity index is 255. The van der Waals surface area contributed by atoms with Gasteiger partial charge in [-0.2, -0.15) is 0 Å². The van der Waals surface area contributed by atoms with Gasteiger partial charge in [-0.1, -0.05) is 0 Å². The first-order valence-corrected chi connectivity index (χ1v) is 4.15. The average Bonchev–Trinajstić information content (AvgIpc) is 2.34. The van der Waals surface area contributed by atoms with Gasteiger partial charge >= 0.3 is 0 Å². The summed E-state index contributed by atoms with van der Waals surface area (Å²) in [5.41, 5.74) is 2.32. The van der Waals surface area contributed by atoms with Crippen LogP contribution in [0.3, 0.4) is 0 Å². The van der Waals surface area contributed by atoms with Crippen molar-refractivity contribution in [1.82, 2.24) is 9.55 Å². The summed E-state index contributed by atoms with van der Waals surface area (Å²) in [6, 6.07) is 0.371. The highest BCUT2D eigenvalue weighted by Crippen LogP contribution is 2.12. The molecule has 0 aromatic carbocycles. The molecule has 0 saturated heterocycles. The molecule has 0 amide bonds. The molecule has 0 aliphatic carbocycles. The summed E-state index contributed by atoms with van der Waals surface area (Å²) in [5.74, 6) is 0. The van der Waals surface area contributed by atoms with Crippen molar-refractivity contribution in [2.45, 2.75) is 26.8 Å². The number of rotatable bonds is 3. The zero-order valence-electron chi connectivity index (χ0n) is 8.16. The third-order valence-corrected chi connectivity index (χ3v) is 2.17. The molecule has 0 N–H and O–H groups in total. The minimum atomic E-state index is 0.371. The molecule has 0 radical (unpaired) electrons. The van der Waals surface area contributed by atoms with Crippen molar-refractivity contribution in [3.8, 4) is 0 Å². The Morgan fingerprint density at radius 2 is 2.25 bits per heavy atom. The smallest absolute Gasteiger partial charge is 0.0954 e. The molecule has 0 saturated carbocycles. The highest BCUT2D eigenvalue weighted by atomic mass is 16.5. The Kier molecular flexibility index (Phi) is 2.87. The van der Waals surface area contributed by atoms with E-state index in [4.69, 9.17) is 4.74 Å². The standard InChI is InChI=1S/C9H16N2O/c1-7(5-12-4)11-6-10-8(2)9(11)3/h6-7H,5H2,1-4H3. The number of ether oxygens (including phenoxy) is 1. The lowest BCUT2D eigenvalue weighted by atomic mass is 10.3. The van der Waals surface area contributed by atoms with Gasteiger partial charge in [0.05, 0.1) is 24.7 Å². The van der Waals surface area contributed by atoms with Crippen LogP contribution >= 0.6 is 0 Å². The van der Waals surface area contributed by atoms with E-state index in [1.165, 1.54) is 5.69 Å². The average molecular weight is 168 g/mol. The van der Waals surface area contributed by atoms with E-state index >= 15 is 0 Å². The van der Waals surface area contributed by atoms with Gasteiger partial charge in [0.1, 0.15) is 0 Å². The number of nitrogens with zero attached hydrogens (tertiary/aromatic N) is 2. The number of aryl methyl sites for hydroxylation is 1. The minimum absolute atomic E-state index is 0.371. The van der Waals surface area contributed by atoms with E-state index in [2.05, 4.69) is 23.4 Å². The SMILES string of the molecule is COCC(C)n1cnc(C)c1C. The van der Waals surface area contributed by atoms with Crippen LogP contribution in [0.25, 0.3) is 0 Å². The van der Waals surface area contributed by atoms with Crippen LogP contribution in [0.1, 0.15) is 24.4 Å². The van der Waals surface area contributed by atoms with E-state index in [9.17, 15) is 0 Å². The Balaban J connectivity index is 2.80. The number of methoxy groups -OCH3 is 1. The molecular formula is C9H16N2O. The van der Waals surface area contributed by atoms with Gasteiger partial charge in [-0.05, 0) is 20.8 Å². The van der Waals surface area contributed by atoms with Crippen molar-refractivity contribution < 1.29 is 4.74 Å². The Labute approximate surface area is 73.4 Å². The van der Waals surface area contributed by atoms with E-state index < -0.39 is 0 Å². The van der Waals surface area contributed by atoms with Gasteiger partial charge in [0, 0.05) is 12.8 Å². The molecule has 3 nitrogen and oxygen atoms in total. The monoisotopic (exact) mass is 168 g/mol. The zero-order valence-corrected chi connectivity index (χ0v) is 8.16. The molecule has 68 valence electrons. The molecular weight excluding hydrogens is 152 g/mol. The third-order valence-electron chi connectivity index (χ3n) is 2.17. The molecule has 1 atom stereocenters. The molecule has 1 aromatic heterocycles. The van der Waals surface area contributed by atoms with Crippen LogP contribution in [-0.4, -0.2) is 23.3 Å². The maximum absolute atomic E-state index is 5.07. The van der Waals surface area contributed by atoms with Crippen LogP contribution in [0, 0.1) is 13.8 Å². The lowest BCUT2D eigenvalue weighted by Crippen LogP contribution is -2.11. The first-order chi connectivity index (χ1) is 5.66. The summed E-state index contributed by atoms with van der Waals surface area (Å²) in [5, 5.41) is 0. The van der Waals surface area contributed by atoms with Gasteiger partial charge in [0.15, 0.2) is 0 Å². The fraction of sp³-hybridized carbons (Fsp3) is 0.667. The van der Waals surface area contributed by atoms with Crippen molar-refractivity contribution in [2.24, 2.45) is 0 Å². The maximum Gasteiger partial charge on any atom is 0.0954 e. The van der Waals surface area contributed by atoms with Crippen molar-refractivity contribution in [3.05, 3.63) is 17.7 Å². The van der Waals surface area contributed by atoms with Crippen LogP contribution < -0.4 is 0 Å². The van der Waals surface area contributed by atoms with Gasteiger partial charge in [-0.3, -0.25) is 0 Å². The molecule has 3 heteroatoms. The predicted molar refractivity (Wildman–Crippen MR) is 48.3 cm³/mol. The Morgan fingerprint density at radius 1 is 1.58 bits per heavy atom. The summed E-state index contributed by atoms with van der Waals surface area (Å²) in [6.45, 7) is 6.95. The molecule has 1 aromatic rings. The summed E-state index contributed by atoms with van der Waals surface area (Å²) in [6.07, 6.45) is 1.87. The largest absolute Gasteiger partial charge is 0.383 e. The summed E-state index contributed by atoms with van der Waals surface area (Å²) in [4.78, 5) is 4.23. The summed E-state index contributed by atoms with van der Waals surface area (Å²) in [7, 11) is 1.72. The van der Waals surface area contributed by atoms with E-state index in [1.54, 1.807) is 7.11 Å². The van der Waals surface area contributed by atoms with E-state index in [0.29, 0.717) is 6.04 Å². The normalized spacial score (nSPS) is 13.3. The van der Waals surface area contributed by atoms with Crippen LogP contribution in [0.15, 0.2) is 6.33 Å². The predicted octanol–water partition coefficient (Wildman–Crippen LogP) is 1.71.